The summed E-state index contributed by atoms with van der Waals surface area (Å²) in [6.45, 7) is 4.72. The number of alkyl halides is 1. The molecule has 0 radical (unpaired) electrons. The van der Waals surface area contributed by atoms with E-state index in [1.165, 1.54) is 26.4 Å². The number of aliphatic carboxylic acids is 1. The molecule has 0 aromatic rings. The largest absolute Gasteiger partial charge is 0.480 e. The van der Waals surface area contributed by atoms with Crippen LogP contribution in [0.4, 0.5) is 0 Å². The van der Waals surface area contributed by atoms with Crippen LogP contribution in [0.5, 0.6) is 0 Å². The number of carbonyl (C=O) groups excluding carboxylic acids is 1. The first-order valence-corrected chi connectivity index (χ1v) is 9.58. The van der Waals surface area contributed by atoms with Gasteiger partial charge >= 0.3 is 11.9 Å². The van der Waals surface area contributed by atoms with Crippen LogP contribution in [0.25, 0.3) is 0 Å². The molecule has 6 heteroatoms. The van der Waals surface area contributed by atoms with Gasteiger partial charge in [0, 0.05) is 5.88 Å². The van der Waals surface area contributed by atoms with E-state index in [4.69, 9.17) is 17.3 Å². The van der Waals surface area contributed by atoms with Crippen molar-refractivity contribution < 1.29 is 19.4 Å². The SMILES string of the molecule is CCCCCC(CCCCN)(C(=O)O)C(=O)OC.CCCCCCl. The fraction of sp³-hybridized carbons (Fsp3) is 0.889. The Bertz CT molecular complexity index is 310. The van der Waals surface area contributed by atoms with Gasteiger partial charge in [-0.15, -0.1) is 11.6 Å². The number of halogens is 1. The van der Waals surface area contributed by atoms with Crippen molar-refractivity contribution in [2.45, 2.75) is 78.1 Å². The lowest BCUT2D eigenvalue weighted by Gasteiger charge is -2.26. The average molecular weight is 366 g/mol. The Morgan fingerprint density at radius 3 is 1.83 bits per heavy atom. The minimum atomic E-state index is -1.39. The molecule has 1 unspecified atom stereocenters. The highest BCUT2D eigenvalue weighted by molar-refractivity contribution is 6.17. The zero-order valence-corrected chi connectivity index (χ0v) is 16.4. The van der Waals surface area contributed by atoms with E-state index in [0.29, 0.717) is 25.8 Å². The number of hydrogen-bond acceptors (Lipinski definition) is 4. The van der Waals surface area contributed by atoms with Crippen molar-refractivity contribution in [1.82, 2.24) is 0 Å². The molecular formula is C18H36ClNO4. The van der Waals surface area contributed by atoms with E-state index in [9.17, 15) is 14.7 Å². The number of ether oxygens (including phenoxy) is 1. The highest BCUT2D eigenvalue weighted by Crippen LogP contribution is 2.33. The molecular weight excluding hydrogens is 330 g/mol. The molecule has 0 bridgehead atoms. The number of carboxylic acids is 1. The molecule has 5 nitrogen and oxygen atoms in total. The number of rotatable bonds is 13. The maximum absolute atomic E-state index is 11.8. The third-order valence-corrected chi connectivity index (χ3v) is 4.25. The number of carboxylic acid groups (broad SMARTS) is 1. The van der Waals surface area contributed by atoms with Gasteiger partial charge in [-0.2, -0.15) is 0 Å². The molecule has 0 saturated heterocycles. The molecule has 0 heterocycles. The van der Waals surface area contributed by atoms with Crippen LogP contribution in [0, 0.1) is 5.41 Å². The standard InChI is InChI=1S/C13H25NO4.C5H11Cl/c1-3-4-5-8-13(11(15)16,12(17)18-2)9-6-7-10-14;1-2-3-4-5-6/h3-10,14H2,1-2H3,(H,15,16);2-5H2,1H3. The Hall–Kier alpha value is -0.810. The van der Waals surface area contributed by atoms with Crippen LogP contribution in [-0.2, 0) is 14.3 Å². The molecule has 1 atom stereocenters. The fourth-order valence-corrected chi connectivity index (χ4v) is 2.61. The van der Waals surface area contributed by atoms with Gasteiger partial charge in [0.25, 0.3) is 0 Å². The summed E-state index contributed by atoms with van der Waals surface area (Å²) in [5.41, 5.74) is 4.01. The van der Waals surface area contributed by atoms with Crippen LogP contribution < -0.4 is 5.73 Å². The lowest BCUT2D eigenvalue weighted by molar-refractivity contribution is -0.168. The molecule has 0 fully saturated rings. The lowest BCUT2D eigenvalue weighted by Crippen LogP contribution is -2.40. The summed E-state index contributed by atoms with van der Waals surface area (Å²) in [4.78, 5) is 23.3. The molecule has 24 heavy (non-hydrogen) atoms. The Morgan fingerprint density at radius 2 is 1.50 bits per heavy atom. The minimum Gasteiger partial charge on any atom is -0.480 e. The van der Waals surface area contributed by atoms with Gasteiger partial charge in [-0.1, -0.05) is 52.4 Å². The van der Waals surface area contributed by atoms with Gasteiger partial charge in [-0.25, -0.2) is 0 Å². The first-order valence-electron chi connectivity index (χ1n) is 9.04. The molecule has 0 amide bonds. The highest BCUT2D eigenvalue weighted by Gasteiger charge is 2.46. The molecule has 0 aliphatic heterocycles. The van der Waals surface area contributed by atoms with Gasteiger partial charge in [-0.3, -0.25) is 9.59 Å². The monoisotopic (exact) mass is 365 g/mol. The number of methoxy groups -OCH3 is 1. The maximum Gasteiger partial charge on any atom is 0.323 e. The summed E-state index contributed by atoms with van der Waals surface area (Å²) in [6.07, 6.45) is 8.35. The number of hydrogen-bond donors (Lipinski definition) is 2. The van der Waals surface area contributed by atoms with Crippen molar-refractivity contribution in [3.05, 3.63) is 0 Å². The Labute approximate surface area is 152 Å². The summed E-state index contributed by atoms with van der Waals surface area (Å²) in [5.74, 6) is -0.890. The molecule has 0 aromatic heterocycles. The predicted octanol–water partition coefficient (Wildman–Crippen LogP) is 4.36. The second-order valence-corrected chi connectivity index (χ2v) is 6.36. The second-order valence-electron chi connectivity index (χ2n) is 5.98. The Balaban J connectivity index is 0. The van der Waals surface area contributed by atoms with Crippen LogP contribution in [0.2, 0.25) is 0 Å². The van der Waals surface area contributed by atoms with E-state index in [2.05, 4.69) is 11.7 Å². The molecule has 0 aliphatic carbocycles. The van der Waals surface area contributed by atoms with Crippen LogP contribution >= 0.6 is 11.6 Å². The van der Waals surface area contributed by atoms with Gasteiger partial charge in [-0.05, 0) is 32.2 Å². The first kappa shape index (κ1) is 25.4. The summed E-state index contributed by atoms with van der Waals surface area (Å²) in [6, 6.07) is 0. The fourth-order valence-electron chi connectivity index (χ4n) is 2.42. The van der Waals surface area contributed by atoms with Crippen molar-refractivity contribution in [1.29, 1.82) is 0 Å². The van der Waals surface area contributed by atoms with Gasteiger partial charge < -0.3 is 15.6 Å². The van der Waals surface area contributed by atoms with E-state index in [0.717, 1.165) is 31.6 Å². The van der Waals surface area contributed by atoms with Crippen molar-refractivity contribution in [3.63, 3.8) is 0 Å². The normalized spacial score (nSPS) is 12.7. The molecule has 0 spiro atoms. The number of esters is 1. The van der Waals surface area contributed by atoms with Crippen molar-refractivity contribution in [2.75, 3.05) is 19.5 Å². The van der Waals surface area contributed by atoms with E-state index < -0.39 is 17.4 Å². The van der Waals surface area contributed by atoms with Crippen LogP contribution in [0.15, 0.2) is 0 Å². The first-order chi connectivity index (χ1) is 11.5. The zero-order chi connectivity index (χ0) is 18.8. The van der Waals surface area contributed by atoms with Crippen molar-refractivity contribution in [2.24, 2.45) is 11.1 Å². The molecule has 0 aliphatic rings. The third-order valence-electron chi connectivity index (χ3n) is 3.99. The highest BCUT2D eigenvalue weighted by atomic mass is 35.5. The lowest BCUT2D eigenvalue weighted by atomic mass is 9.78. The Kier molecular flexibility index (Phi) is 18.0. The summed E-state index contributed by atoms with van der Waals surface area (Å²) < 4.78 is 4.69. The predicted molar refractivity (Wildman–Crippen MR) is 99.4 cm³/mol. The van der Waals surface area contributed by atoms with Gasteiger partial charge in [0.2, 0.25) is 0 Å². The van der Waals surface area contributed by atoms with E-state index in [1.807, 2.05) is 6.92 Å². The van der Waals surface area contributed by atoms with Crippen molar-refractivity contribution >= 4 is 23.5 Å². The minimum absolute atomic E-state index is 0.302. The van der Waals surface area contributed by atoms with Gasteiger partial charge in [0.05, 0.1) is 7.11 Å². The number of nitrogens with two attached hydrogens (primary N) is 1. The van der Waals surface area contributed by atoms with Gasteiger partial charge in [0.15, 0.2) is 5.41 Å². The van der Waals surface area contributed by atoms with E-state index in [1.54, 1.807) is 0 Å². The van der Waals surface area contributed by atoms with Gasteiger partial charge in [0.1, 0.15) is 0 Å². The summed E-state index contributed by atoms with van der Waals surface area (Å²) in [5, 5.41) is 9.39. The quantitative estimate of drug-likeness (QED) is 0.219. The van der Waals surface area contributed by atoms with Crippen LogP contribution in [0.1, 0.15) is 78.1 Å². The summed E-state index contributed by atoms with van der Waals surface area (Å²) >= 11 is 5.38. The smallest absolute Gasteiger partial charge is 0.323 e. The van der Waals surface area contributed by atoms with Crippen LogP contribution in [0.3, 0.4) is 0 Å². The molecule has 0 aromatic carbocycles. The second kappa shape index (κ2) is 17.0. The number of carbonyl (C=O) groups is 2. The molecule has 3 N–H and O–H groups in total. The van der Waals surface area contributed by atoms with Crippen molar-refractivity contribution in [3.8, 4) is 0 Å². The number of unbranched alkanes of at least 4 members (excludes halogenated alkanes) is 5. The van der Waals surface area contributed by atoms with E-state index in [-0.39, 0.29) is 0 Å². The third kappa shape index (κ3) is 10.9. The average Bonchev–Trinajstić information content (AvgIpc) is 2.58. The van der Waals surface area contributed by atoms with Crippen LogP contribution in [-0.4, -0.2) is 36.6 Å². The molecule has 0 rings (SSSR count). The molecule has 0 saturated carbocycles. The topological polar surface area (TPSA) is 89.6 Å². The zero-order valence-electron chi connectivity index (χ0n) is 15.6. The Morgan fingerprint density at radius 1 is 1.00 bits per heavy atom. The van der Waals surface area contributed by atoms with E-state index >= 15 is 0 Å². The molecule has 144 valence electrons. The maximum atomic E-state index is 11.8. The summed E-state index contributed by atoms with van der Waals surface area (Å²) in [7, 11) is 1.24.